The van der Waals surface area contributed by atoms with Gasteiger partial charge in [0.15, 0.2) is 0 Å². The van der Waals surface area contributed by atoms with Crippen molar-refractivity contribution in [3.8, 4) is 6.07 Å². The molecule has 6 nitrogen and oxygen atoms in total. The highest BCUT2D eigenvalue weighted by atomic mass is 16.6. The van der Waals surface area contributed by atoms with Gasteiger partial charge in [-0.3, -0.25) is 10.1 Å². The molecule has 0 spiro atoms. The van der Waals surface area contributed by atoms with E-state index in [1.807, 2.05) is 6.07 Å². The Bertz CT molecular complexity index is 454. The van der Waals surface area contributed by atoms with Crippen LogP contribution in [0.1, 0.15) is 24.8 Å². The predicted octanol–water partition coefficient (Wildman–Crippen LogP) is 2.04. The maximum absolute atomic E-state index is 10.6. The van der Waals surface area contributed by atoms with E-state index in [0.717, 1.165) is 19.3 Å². The summed E-state index contributed by atoms with van der Waals surface area (Å²) in [7, 11) is 0. The molecule has 0 aromatic heterocycles. The van der Waals surface area contributed by atoms with Gasteiger partial charge in [-0.2, -0.15) is 5.26 Å². The molecule has 0 saturated carbocycles. The molecule has 0 bridgehead atoms. The Morgan fingerprint density at radius 1 is 1.39 bits per heavy atom. The number of nitro benzene ring substituents is 1. The standard InChI is InChI=1S/C12H15N3O3/c13-9-10-8-11(15(17)18)4-5-12(10)14-6-2-1-3-7-16/h4-5,8,14,16H,1-3,6-7H2. The molecular formula is C12H15N3O3. The van der Waals surface area contributed by atoms with E-state index >= 15 is 0 Å². The summed E-state index contributed by atoms with van der Waals surface area (Å²) in [6.07, 6.45) is 2.54. The average molecular weight is 249 g/mol. The zero-order chi connectivity index (χ0) is 13.4. The lowest BCUT2D eigenvalue weighted by molar-refractivity contribution is -0.384. The van der Waals surface area contributed by atoms with Gasteiger partial charge in [-0.05, 0) is 25.3 Å². The minimum Gasteiger partial charge on any atom is -0.396 e. The third-order valence-corrected chi connectivity index (χ3v) is 2.48. The van der Waals surface area contributed by atoms with Crippen LogP contribution in [0.2, 0.25) is 0 Å². The molecule has 0 aliphatic heterocycles. The van der Waals surface area contributed by atoms with E-state index in [-0.39, 0.29) is 17.9 Å². The molecule has 18 heavy (non-hydrogen) atoms. The van der Waals surface area contributed by atoms with Crippen LogP contribution in [0.4, 0.5) is 11.4 Å². The molecule has 96 valence electrons. The summed E-state index contributed by atoms with van der Waals surface area (Å²) in [5.74, 6) is 0. The van der Waals surface area contributed by atoms with Gasteiger partial charge in [-0.15, -0.1) is 0 Å². The molecule has 2 N–H and O–H groups in total. The Balaban J connectivity index is 2.61. The molecule has 6 heteroatoms. The van der Waals surface area contributed by atoms with Crippen LogP contribution < -0.4 is 5.32 Å². The number of unbranched alkanes of at least 4 members (excludes halogenated alkanes) is 2. The summed E-state index contributed by atoms with van der Waals surface area (Å²) >= 11 is 0. The Morgan fingerprint density at radius 3 is 2.78 bits per heavy atom. The van der Waals surface area contributed by atoms with E-state index in [2.05, 4.69) is 5.32 Å². The summed E-state index contributed by atoms with van der Waals surface area (Å²) in [5, 5.41) is 31.2. The molecular weight excluding hydrogens is 234 g/mol. The Morgan fingerprint density at radius 2 is 2.17 bits per heavy atom. The van der Waals surface area contributed by atoms with Gasteiger partial charge in [0.1, 0.15) is 6.07 Å². The van der Waals surface area contributed by atoms with Gasteiger partial charge in [-0.25, -0.2) is 0 Å². The minimum atomic E-state index is -0.522. The summed E-state index contributed by atoms with van der Waals surface area (Å²) in [4.78, 5) is 10.0. The molecule has 0 atom stereocenters. The first-order valence-corrected chi connectivity index (χ1v) is 5.72. The molecule has 0 heterocycles. The molecule has 0 aliphatic rings. The molecule has 0 fully saturated rings. The summed E-state index contributed by atoms with van der Waals surface area (Å²) in [5.41, 5.74) is 0.788. The fourth-order valence-corrected chi connectivity index (χ4v) is 1.53. The largest absolute Gasteiger partial charge is 0.396 e. The average Bonchev–Trinajstić information content (AvgIpc) is 2.38. The molecule has 0 amide bonds. The minimum absolute atomic E-state index is 0.0858. The van der Waals surface area contributed by atoms with Crippen molar-refractivity contribution in [3.05, 3.63) is 33.9 Å². The highest BCUT2D eigenvalue weighted by molar-refractivity contribution is 5.61. The second kappa shape index (κ2) is 7.25. The van der Waals surface area contributed by atoms with E-state index in [4.69, 9.17) is 10.4 Å². The molecule has 1 rings (SSSR count). The van der Waals surface area contributed by atoms with E-state index in [0.29, 0.717) is 12.2 Å². The number of aliphatic hydroxyl groups excluding tert-OH is 1. The number of rotatable bonds is 7. The highest BCUT2D eigenvalue weighted by Gasteiger charge is 2.09. The maximum atomic E-state index is 10.6. The van der Waals surface area contributed by atoms with Gasteiger partial charge in [-0.1, -0.05) is 0 Å². The molecule has 1 aromatic carbocycles. The topological polar surface area (TPSA) is 99.2 Å². The Labute approximate surface area is 105 Å². The third-order valence-electron chi connectivity index (χ3n) is 2.48. The van der Waals surface area contributed by atoms with Gasteiger partial charge < -0.3 is 10.4 Å². The second-order valence-electron chi connectivity index (χ2n) is 3.81. The number of hydrogen-bond acceptors (Lipinski definition) is 5. The van der Waals surface area contributed by atoms with Crippen LogP contribution in [0.5, 0.6) is 0 Å². The third kappa shape index (κ3) is 4.03. The van der Waals surface area contributed by atoms with Crippen LogP contribution in [-0.2, 0) is 0 Å². The normalized spacial score (nSPS) is 9.78. The lowest BCUT2D eigenvalue weighted by Gasteiger charge is -2.07. The van der Waals surface area contributed by atoms with Gasteiger partial charge >= 0.3 is 0 Å². The van der Waals surface area contributed by atoms with Gasteiger partial charge in [0.05, 0.1) is 16.2 Å². The monoisotopic (exact) mass is 249 g/mol. The van der Waals surface area contributed by atoms with Crippen LogP contribution >= 0.6 is 0 Å². The molecule has 0 aliphatic carbocycles. The number of benzene rings is 1. The zero-order valence-corrected chi connectivity index (χ0v) is 9.93. The van der Waals surface area contributed by atoms with Crippen LogP contribution in [0.15, 0.2) is 18.2 Å². The smallest absolute Gasteiger partial charge is 0.270 e. The number of anilines is 1. The van der Waals surface area contributed by atoms with Crippen molar-refractivity contribution in [1.29, 1.82) is 5.26 Å². The van der Waals surface area contributed by atoms with E-state index in [1.54, 1.807) is 6.07 Å². The lowest BCUT2D eigenvalue weighted by Crippen LogP contribution is -2.04. The summed E-state index contributed by atoms with van der Waals surface area (Å²) in [6, 6.07) is 6.11. The van der Waals surface area contributed by atoms with Crippen molar-refractivity contribution < 1.29 is 10.0 Å². The molecule has 0 saturated heterocycles. The van der Waals surface area contributed by atoms with Gasteiger partial charge in [0.2, 0.25) is 0 Å². The number of aliphatic hydroxyl groups is 1. The lowest BCUT2D eigenvalue weighted by atomic mass is 10.1. The summed E-state index contributed by atoms with van der Waals surface area (Å²) < 4.78 is 0. The zero-order valence-electron chi connectivity index (χ0n) is 9.93. The van der Waals surface area contributed by atoms with Crippen LogP contribution in [0.25, 0.3) is 0 Å². The summed E-state index contributed by atoms with van der Waals surface area (Å²) in [6.45, 7) is 0.855. The number of nitrogens with one attached hydrogen (secondary N) is 1. The Kier molecular flexibility index (Phi) is 5.61. The molecule has 0 unspecified atom stereocenters. The number of nitriles is 1. The Hall–Kier alpha value is -2.13. The van der Waals surface area contributed by atoms with E-state index in [9.17, 15) is 10.1 Å². The van der Waals surface area contributed by atoms with Crippen molar-refractivity contribution in [3.63, 3.8) is 0 Å². The van der Waals surface area contributed by atoms with Crippen molar-refractivity contribution in [2.24, 2.45) is 0 Å². The van der Waals surface area contributed by atoms with Gasteiger partial charge in [0, 0.05) is 25.3 Å². The van der Waals surface area contributed by atoms with E-state index < -0.39 is 4.92 Å². The number of non-ortho nitro benzene ring substituents is 1. The van der Waals surface area contributed by atoms with Gasteiger partial charge in [0.25, 0.3) is 5.69 Å². The fourth-order valence-electron chi connectivity index (χ4n) is 1.53. The SMILES string of the molecule is N#Cc1cc([N+](=O)[O-])ccc1NCCCCCO. The first-order chi connectivity index (χ1) is 8.69. The first kappa shape index (κ1) is 13.9. The maximum Gasteiger partial charge on any atom is 0.270 e. The predicted molar refractivity (Wildman–Crippen MR) is 67.2 cm³/mol. The van der Waals surface area contributed by atoms with Crippen LogP contribution in [0.3, 0.4) is 0 Å². The van der Waals surface area contributed by atoms with Crippen molar-refractivity contribution in [2.45, 2.75) is 19.3 Å². The number of nitrogens with zero attached hydrogens (tertiary/aromatic N) is 2. The fraction of sp³-hybridized carbons (Fsp3) is 0.417. The van der Waals surface area contributed by atoms with Crippen molar-refractivity contribution in [2.75, 3.05) is 18.5 Å². The quantitative estimate of drug-likeness (QED) is 0.437. The molecule has 0 radical (unpaired) electrons. The van der Waals surface area contributed by atoms with Crippen LogP contribution in [0, 0.1) is 21.4 Å². The van der Waals surface area contributed by atoms with Crippen molar-refractivity contribution in [1.82, 2.24) is 0 Å². The van der Waals surface area contributed by atoms with Crippen molar-refractivity contribution >= 4 is 11.4 Å². The number of hydrogen-bond donors (Lipinski definition) is 2. The first-order valence-electron chi connectivity index (χ1n) is 5.72. The molecule has 1 aromatic rings. The van der Waals surface area contributed by atoms with Crippen LogP contribution in [-0.4, -0.2) is 23.2 Å². The second-order valence-corrected chi connectivity index (χ2v) is 3.81. The number of nitro groups is 1. The highest BCUT2D eigenvalue weighted by Crippen LogP contribution is 2.21. The van der Waals surface area contributed by atoms with E-state index in [1.165, 1.54) is 12.1 Å².